The molecule has 0 unspecified atom stereocenters. The van der Waals surface area contributed by atoms with Gasteiger partial charge in [-0.3, -0.25) is 0 Å². The lowest BCUT2D eigenvalue weighted by Gasteiger charge is -2.26. The van der Waals surface area contributed by atoms with Gasteiger partial charge in [-0.15, -0.1) is 0 Å². The number of pyridine rings is 2. The third kappa shape index (κ3) is 2.81. The molecule has 0 radical (unpaired) electrons. The number of aromatic amines is 1. The number of nitrogens with one attached hydrogen (secondary N) is 2. The standard InChI is InChI=1S/C17H17N5O2/c23-17(22-10-8-18-9-11-22)24-14-5-7-19-15(14)13-4-3-12-2-1-6-20-16(12)21-13/h1-7,18-19H,8-11H2. The van der Waals surface area contributed by atoms with Gasteiger partial charge in [-0.1, -0.05) is 0 Å². The number of carbonyl (C=O) groups excluding carboxylic acids is 1. The van der Waals surface area contributed by atoms with Gasteiger partial charge in [-0.05, 0) is 30.3 Å². The van der Waals surface area contributed by atoms with E-state index in [-0.39, 0.29) is 6.09 Å². The second-order valence-corrected chi connectivity index (χ2v) is 5.57. The molecule has 2 N–H and O–H groups in total. The van der Waals surface area contributed by atoms with Crippen LogP contribution in [0.4, 0.5) is 4.79 Å². The smallest absolute Gasteiger partial charge is 0.408 e. The molecule has 0 saturated carbocycles. The fourth-order valence-electron chi connectivity index (χ4n) is 2.74. The zero-order valence-corrected chi connectivity index (χ0v) is 13.0. The van der Waals surface area contributed by atoms with Crippen molar-refractivity contribution in [1.82, 2.24) is 25.2 Å². The van der Waals surface area contributed by atoms with Gasteiger partial charge in [0.2, 0.25) is 0 Å². The molecule has 0 aromatic carbocycles. The number of ether oxygens (including phenoxy) is 1. The minimum absolute atomic E-state index is 0.337. The molecule has 1 aliphatic heterocycles. The third-order valence-corrected chi connectivity index (χ3v) is 4.00. The van der Waals surface area contributed by atoms with Crippen molar-refractivity contribution in [3.63, 3.8) is 0 Å². The van der Waals surface area contributed by atoms with Crippen LogP contribution in [0.2, 0.25) is 0 Å². The van der Waals surface area contributed by atoms with Crippen molar-refractivity contribution in [3.05, 3.63) is 42.7 Å². The van der Waals surface area contributed by atoms with Gasteiger partial charge >= 0.3 is 6.09 Å². The molecule has 4 rings (SSSR count). The maximum absolute atomic E-state index is 12.3. The van der Waals surface area contributed by atoms with E-state index in [9.17, 15) is 4.79 Å². The quantitative estimate of drug-likeness (QED) is 0.754. The predicted molar refractivity (Wildman–Crippen MR) is 89.8 cm³/mol. The van der Waals surface area contributed by atoms with E-state index in [0.717, 1.165) is 18.5 Å². The summed E-state index contributed by atoms with van der Waals surface area (Å²) < 4.78 is 5.56. The van der Waals surface area contributed by atoms with Crippen molar-refractivity contribution in [2.45, 2.75) is 0 Å². The molecule has 3 aromatic heterocycles. The summed E-state index contributed by atoms with van der Waals surface area (Å²) in [7, 11) is 0. The molecule has 0 spiro atoms. The van der Waals surface area contributed by atoms with Crippen molar-refractivity contribution >= 4 is 17.1 Å². The Morgan fingerprint density at radius 3 is 2.92 bits per heavy atom. The molecule has 0 atom stereocenters. The fourth-order valence-corrected chi connectivity index (χ4v) is 2.74. The van der Waals surface area contributed by atoms with E-state index >= 15 is 0 Å². The molecule has 1 fully saturated rings. The van der Waals surface area contributed by atoms with Crippen LogP contribution in [-0.4, -0.2) is 52.1 Å². The molecular formula is C17H17N5O2. The summed E-state index contributed by atoms with van der Waals surface area (Å²) >= 11 is 0. The van der Waals surface area contributed by atoms with Gasteiger partial charge in [0.1, 0.15) is 5.69 Å². The van der Waals surface area contributed by atoms with Crippen molar-refractivity contribution in [1.29, 1.82) is 0 Å². The van der Waals surface area contributed by atoms with E-state index in [2.05, 4.69) is 20.3 Å². The second-order valence-electron chi connectivity index (χ2n) is 5.57. The molecular weight excluding hydrogens is 306 g/mol. The highest BCUT2D eigenvalue weighted by Crippen LogP contribution is 2.28. The predicted octanol–water partition coefficient (Wildman–Crippen LogP) is 2.03. The molecule has 7 heteroatoms. The van der Waals surface area contributed by atoms with E-state index in [4.69, 9.17) is 4.74 Å². The Labute approximate surface area is 138 Å². The molecule has 24 heavy (non-hydrogen) atoms. The van der Waals surface area contributed by atoms with Gasteiger partial charge in [-0.25, -0.2) is 14.8 Å². The number of piperazine rings is 1. The zero-order valence-electron chi connectivity index (χ0n) is 13.0. The summed E-state index contributed by atoms with van der Waals surface area (Å²) in [4.78, 5) is 25.9. The van der Waals surface area contributed by atoms with Crippen LogP contribution in [0.15, 0.2) is 42.7 Å². The molecule has 0 bridgehead atoms. The summed E-state index contributed by atoms with van der Waals surface area (Å²) in [5.74, 6) is 0.473. The summed E-state index contributed by atoms with van der Waals surface area (Å²) in [5, 5.41) is 4.18. The van der Waals surface area contributed by atoms with Gasteiger partial charge < -0.3 is 19.9 Å². The first-order valence-corrected chi connectivity index (χ1v) is 7.88. The first-order valence-electron chi connectivity index (χ1n) is 7.88. The zero-order chi connectivity index (χ0) is 16.4. The number of hydrogen-bond donors (Lipinski definition) is 2. The molecule has 7 nitrogen and oxygen atoms in total. The van der Waals surface area contributed by atoms with Crippen LogP contribution in [0.25, 0.3) is 22.4 Å². The number of amides is 1. The first-order chi connectivity index (χ1) is 11.8. The molecule has 3 aromatic rings. The second kappa shape index (κ2) is 6.29. The fraction of sp³-hybridized carbons (Fsp3) is 0.235. The number of hydrogen-bond acceptors (Lipinski definition) is 5. The molecule has 1 amide bonds. The number of rotatable bonds is 2. The molecule has 1 aliphatic rings. The van der Waals surface area contributed by atoms with Gasteiger partial charge in [0.15, 0.2) is 11.4 Å². The number of nitrogens with zero attached hydrogens (tertiary/aromatic N) is 3. The lowest BCUT2D eigenvalue weighted by Crippen LogP contribution is -2.47. The molecule has 4 heterocycles. The van der Waals surface area contributed by atoms with E-state index < -0.39 is 0 Å². The van der Waals surface area contributed by atoms with Crippen LogP contribution in [0.5, 0.6) is 5.75 Å². The number of fused-ring (bicyclic) bond motifs is 1. The molecule has 0 aliphatic carbocycles. The Kier molecular flexibility index (Phi) is 3.84. The largest absolute Gasteiger partial charge is 0.415 e. The van der Waals surface area contributed by atoms with Crippen molar-refractivity contribution in [2.24, 2.45) is 0 Å². The van der Waals surface area contributed by atoms with Gasteiger partial charge in [-0.2, -0.15) is 0 Å². The van der Waals surface area contributed by atoms with Crippen LogP contribution in [0, 0.1) is 0 Å². The van der Waals surface area contributed by atoms with Crippen molar-refractivity contribution in [3.8, 4) is 17.1 Å². The van der Waals surface area contributed by atoms with E-state index in [1.54, 1.807) is 23.4 Å². The average Bonchev–Trinajstić information content (AvgIpc) is 3.10. The summed E-state index contributed by atoms with van der Waals surface area (Å²) in [6, 6.07) is 9.41. The van der Waals surface area contributed by atoms with Gasteiger partial charge in [0.25, 0.3) is 0 Å². The monoisotopic (exact) mass is 323 g/mol. The highest BCUT2D eigenvalue weighted by atomic mass is 16.6. The lowest BCUT2D eigenvalue weighted by atomic mass is 10.2. The first kappa shape index (κ1) is 14.6. The Morgan fingerprint density at radius 2 is 2.04 bits per heavy atom. The van der Waals surface area contributed by atoms with Crippen LogP contribution >= 0.6 is 0 Å². The van der Waals surface area contributed by atoms with Crippen molar-refractivity contribution < 1.29 is 9.53 Å². The SMILES string of the molecule is O=C(Oc1cc[nH]c1-c1ccc2cccnc2n1)N1CCNCC1. The van der Waals surface area contributed by atoms with Crippen LogP contribution in [0.3, 0.4) is 0 Å². The van der Waals surface area contributed by atoms with E-state index in [1.807, 2.05) is 24.3 Å². The molecule has 1 saturated heterocycles. The Morgan fingerprint density at radius 1 is 1.17 bits per heavy atom. The van der Waals surface area contributed by atoms with Crippen LogP contribution in [-0.2, 0) is 0 Å². The highest BCUT2D eigenvalue weighted by molar-refractivity contribution is 5.80. The summed E-state index contributed by atoms with van der Waals surface area (Å²) in [6.45, 7) is 2.87. The maximum Gasteiger partial charge on any atom is 0.415 e. The average molecular weight is 323 g/mol. The Hall–Kier alpha value is -2.93. The normalized spacial score (nSPS) is 14.8. The Bertz CT molecular complexity index is 870. The highest BCUT2D eigenvalue weighted by Gasteiger charge is 2.20. The maximum atomic E-state index is 12.3. The third-order valence-electron chi connectivity index (χ3n) is 4.00. The van der Waals surface area contributed by atoms with E-state index in [0.29, 0.717) is 35.9 Å². The minimum atomic E-state index is -0.337. The summed E-state index contributed by atoms with van der Waals surface area (Å²) in [6.07, 6.45) is 3.11. The number of carbonyl (C=O) groups is 1. The van der Waals surface area contributed by atoms with Crippen molar-refractivity contribution in [2.75, 3.05) is 26.2 Å². The molecule has 122 valence electrons. The number of H-pyrrole nitrogens is 1. The lowest BCUT2D eigenvalue weighted by molar-refractivity contribution is 0.146. The van der Waals surface area contributed by atoms with Gasteiger partial charge in [0, 0.05) is 44.0 Å². The summed E-state index contributed by atoms with van der Waals surface area (Å²) in [5.41, 5.74) is 2.02. The van der Waals surface area contributed by atoms with Gasteiger partial charge in [0.05, 0.1) is 5.69 Å². The van der Waals surface area contributed by atoms with Crippen LogP contribution < -0.4 is 10.1 Å². The minimum Gasteiger partial charge on any atom is -0.408 e. The Balaban J connectivity index is 1.60. The van der Waals surface area contributed by atoms with E-state index in [1.165, 1.54) is 0 Å². The topological polar surface area (TPSA) is 83.1 Å². The van der Waals surface area contributed by atoms with Crippen LogP contribution in [0.1, 0.15) is 0 Å². The number of aromatic nitrogens is 3.